The molecule has 2 rings (SSSR count). The summed E-state index contributed by atoms with van der Waals surface area (Å²) in [6, 6.07) is 0. The van der Waals surface area contributed by atoms with E-state index in [1.807, 2.05) is 0 Å². The van der Waals surface area contributed by atoms with Crippen molar-refractivity contribution in [1.82, 2.24) is 0 Å². The van der Waals surface area contributed by atoms with Crippen LogP contribution in [0.3, 0.4) is 0 Å². The quantitative estimate of drug-likeness (QED) is 0.653. The molecule has 12 heavy (non-hydrogen) atoms. The van der Waals surface area contributed by atoms with Gasteiger partial charge in [0, 0.05) is 0 Å². The SMILES string of the molecule is O=C(O)[C@H]1CCCCCC12CC2. The van der Waals surface area contributed by atoms with Gasteiger partial charge in [0.1, 0.15) is 0 Å². The number of rotatable bonds is 1. The molecule has 0 aliphatic heterocycles. The zero-order chi connectivity index (χ0) is 8.60. The molecular weight excluding hydrogens is 152 g/mol. The van der Waals surface area contributed by atoms with Crippen LogP contribution in [0.15, 0.2) is 0 Å². The van der Waals surface area contributed by atoms with Crippen molar-refractivity contribution in [2.24, 2.45) is 11.3 Å². The van der Waals surface area contributed by atoms with E-state index < -0.39 is 5.97 Å². The molecule has 1 atom stereocenters. The lowest BCUT2D eigenvalue weighted by molar-refractivity contribution is -0.144. The highest BCUT2D eigenvalue weighted by Gasteiger charge is 2.51. The first-order valence-electron chi connectivity index (χ1n) is 4.97. The molecule has 68 valence electrons. The van der Waals surface area contributed by atoms with Crippen LogP contribution < -0.4 is 0 Å². The summed E-state index contributed by atoms with van der Waals surface area (Å²) in [5, 5.41) is 9.04. The molecule has 0 heterocycles. The van der Waals surface area contributed by atoms with Crippen LogP contribution in [0.5, 0.6) is 0 Å². The van der Waals surface area contributed by atoms with E-state index in [0.29, 0.717) is 0 Å². The fourth-order valence-corrected chi connectivity index (χ4v) is 2.63. The zero-order valence-electron chi connectivity index (χ0n) is 7.38. The molecule has 0 radical (unpaired) electrons. The van der Waals surface area contributed by atoms with Crippen LogP contribution in [-0.4, -0.2) is 11.1 Å². The van der Waals surface area contributed by atoms with Gasteiger partial charge in [-0.2, -0.15) is 0 Å². The number of carboxylic acids is 1. The van der Waals surface area contributed by atoms with Gasteiger partial charge in [0.2, 0.25) is 0 Å². The Morgan fingerprint density at radius 3 is 2.50 bits per heavy atom. The molecule has 0 aromatic rings. The molecule has 1 spiro atoms. The maximum Gasteiger partial charge on any atom is 0.307 e. The average molecular weight is 168 g/mol. The second kappa shape index (κ2) is 2.75. The molecule has 2 aliphatic carbocycles. The van der Waals surface area contributed by atoms with E-state index in [4.69, 9.17) is 5.11 Å². The summed E-state index contributed by atoms with van der Waals surface area (Å²) < 4.78 is 0. The molecule has 1 N–H and O–H groups in total. The molecule has 0 aromatic carbocycles. The van der Waals surface area contributed by atoms with Gasteiger partial charge in [0.05, 0.1) is 5.92 Å². The van der Waals surface area contributed by atoms with Gasteiger partial charge in [-0.05, 0) is 31.1 Å². The topological polar surface area (TPSA) is 37.3 Å². The third kappa shape index (κ3) is 1.23. The summed E-state index contributed by atoms with van der Waals surface area (Å²) >= 11 is 0. The highest BCUT2D eigenvalue weighted by Crippen LogP contribution is 2.58. The van der Waals surface area contributed by atoms with Gasteiger partial charge in [-0.3, -0.25) is 4.79 Å². The summed E-state index contributed by atoms with van der Waals surface area (Å²) in [4.78, 5) is 11.0. The Labute approximate surface area is 73.0 Å². The molecule has 2 nitrogen and oxygen atoms in total. The van der Waals surface area contributed by atoms with Crippen molar-refractivity contribution >= 4 is 5.97 Å². The highest BCUT2D eigenvalue weighted by atomic mass is 16.4. The van der Waals surface area contributed by atoms with Gasteiger partial charge in [-0.25, -0.2) is 0 Å². The molecule has 0 amide bonds. The Bertz CT molecular complexity index is 194. The van der Waals surface area contributed by atoms with Crippen molar-refractivity contribution in [2.45, 2.75) is 44.9 Å². The largest absolute Gasteiger partial charge is 0.481 e. The van der Waals surface area contributed by atoms with Crippen LogP contribution in [0.1, 0.15) is 44.9 Å². The van der Waals surface area contributed by atoms with E-state index in [1.54, 1.807) is 0 Å². The van der Waals surface area contributed by atoms with E-state index in [9.17, 15) is 4.79 Å². The van der Waals surface area contributed by atoms with Gasteiger partial charge < -0.3 is 5.11 Å². The van der Waals surface area contributed by atoms with Gasteiger partial charge in [0.25, 0.3) is 0 Å². The number of aliphatic carboxylic acids is 1. The number of hydrogen-bond donors (Lipinski definition) is 1. The third-order valence-corrected chi connectivity index (χ3v) is 3.60. The minimum atomic E-state index is -0.547. The standard InChI is InChI=1S/C10H16O2/c11-9(12)8-4-2-1-3-5-10(8)6-7-10/h8H,1-7H2,(H,11,12)/t8-/m1/s1. The van der Waals surface area contributed by atoms with Crippen molar-refractivity contribution in [1.29, 1.82) is 0 Å². The van der Waals surface area contributed by atoms with Crippen LogP contribution in [0.25, 0.3) is 0 Å². The van der Waals surface area contributed by atoms with E-state index in [2.05, 4.69) is 0 Å². The van der Waals surface area contributed by atoms with E-state index in [0.717, 1.165) is 12.8 Å². The summed E-state index contributed by atoms with van der Waals surface area (Å²) in [6.07, 6.45) is 8.06. The highest BCUT2D eigenvalue weighted by molar-refractivity contribution is 5.71. The molecule has 0 bridgehead atoms. The maximum atomic E-state index is 11.0. The molecule has 0 unspecified atom stereocenters. The normalized spacial score (nSPS) is 32.8. The molecule has 2 saturated carbocycles. The van der Waals surface area contributed by atoms with Crippen LogP contribution in [0.4, 0.5) is 0 Å². The zero-order valence-corrected chi connectivity index (χ0v) is 7.38. The first-order chi connectivity index (χ1) is 5.75. The molecule has 0 aromatic heterocycles. The average Bonchev–Trinajstić information content (AvgIpc) is 2.80. The number of carbonyl (C=O) groups is 1. The summed E-state index contributed by atoms with van der Waals surface area (Å²) in [6.45, 7) is 0. The lowest BCUT2D eigenvalue weighted by Crippen LogP contribution is -2.23. The van der Waals surface area contributed by atoms with Crippen molar-refractivity contribution in [3.63, 3.8) is 0 Å². The van der Waals surface area contributed by atoms with Gasteiger partial charge in [-0.15, -0.1) is 0 Å². The summed E-state index contributed by atoms with van der Waals surface area (Å²) in [5.41, 5.74) is 0.252. The second-order valence-corrected chi connectivity index (χ2v) is 4.35. The maximum absolute atomic E-state index is 11.0. The minimum absolute atomic E-state index is 0.0139. The summed E-state index contributed by atoms with van der Waals surface area (Å²) in [7, 11) is 0. The molecule has 2 heteroatoms. The monoisotopic (exact) mass is 168 g/mol. The fraction of sp³-hybridized carbons (Fsp3) is 0.900. The molecule has 2 aliphatic rings. The first kappa shape index (κ1) is 8.09. The minimum Gasteiger partial charge on any atom is -0.481 e. The first-order valence-corrected chi connectivity index (χ1v) is 4.97. The Balaban J connectivity index is 2.11. The van der Waals surface area contributed by atoms with Gasteiger partial charge >= 0.3 is 5.97 Å². The van der Waals surface area contributed by atoms with Crippen LogP contribution in [0.2, 0.25) is 0 Å². The summed E-state index contributed by atoms with van der Waals surface area (Å²) in [5.74, 6) is -0.561. The lowest BCUT2D eigenvalue weighted by Gasteiger charge is -2.19. The third-order valence-electron chi connectivity index (χ3n) is 3.60. The Kier molecular flexibility index (Phi) is 1.85. The van der Waals surface area contributed by atoms with Crippen molar-refractivity contribution in [2.75, 3.05) is 0 Å². The predicted octanol–water partition coefficient (Wildman–Crippen LogP) is 2.43. The second-order valence-electron chi connectivity index (χ2n) is 4.35. The van der Waals surface area contributed by atoms with E-state index in [1.165, 1.54) is 32.1 Å². The van der Waals surface area contributed by atoms with E-state index in [-0.39, 0.29) is 11.3 Å². The van der Waals surface area contributed by atoms with Gasteiger partial charge in [-0.1, -0.05) is 19.3 Å². The Morgan fingerprint density at radius 2 is 1.92 bits per heavy atom. The van der Waals surface area contributed by atoms with E-state index >= 15 is 0 Å². The molecule has 2 fully saturated rings. The van der Waals surface area contributed by atoms with Crippen LogP contribution >= 0.6 is 0 Å². The van der Waals surface area contributed by atoms with Crippen molar-refractivity contribution in [3.8, 4) is 0 Å². The predicted molar refractivity (Wildman–Crippen MR) is 45.9 cm³/mol. The van der Waals surface area contributed by atoms with Crippen LogP contribution in [-0.2, 0) is 4.79 Å². The number of carboxylic acid groups (broad SMARTS) is 1. The van der Waals surface area contributed by atoms with Crippen molar-refractivity contribution in [3.05, 3.63) is 0 Å². The molecular formula is C10H16O2. The number of hydrogen-bond acceptors (Lipinski definition) is 1. The Hall–Kier alpha value is -0.530. The van der Waals surface area contributed by atoms with Crippen molar-refractivity contribution < 1.29 is 9.90 Å². The Morgan fingerprint density at radius 1 is 1.17 bits per heavy atom. The fourth-order valence-electron chi connectivity index (χ4n) is 2.63. The van der Waals surface area contributed by atoms with Gasteiger partial charge in [0.15, 0.2) is 0 Å². The lowest BCUT2D eigenvalue weighted by atomic mass is 9.85. The molecule has 0 saturated heterocycles. The smallest absolute Gasteiger partial charge is 0.307 e. The van der Waals surface area contributed by atoms with Crippen LogP contribution in [0, 0.1) is 11.3 Å².